The molecule has 1 unspecified atom stereocenters. The number of rotatable bonds is 9. The molecule has 0 aliphatic carbocycles. The van der Waals surface area contributed by atoms with Gasteiger partial charge in [0.2, 0.25) is 0 Å². The van der Waals surface area contributed by atoms with Crippen LogP contribution < -0.4 is 10.5 Å². The van der Waals surface area contributed by atoms with Crippen LogP contribution in [0.4, 0.5) is 0 Å². The first-order valence-electron chi connectivity index (χ1n) is 6.82. The maximum absolute atomic E-state index is 5.99. The molecular weight excluding hydrogens is 226 g/mol. The highest BCUT2D eigenvalue weighted by Crippen LogP contribution is 2.20. The van der Waals surface area contributed by atoms with Crippen molar-refractivity contribution in [3.8, 4) is 5.75 Å². The molecule has 0 fully saturated rings. The molecule has 0 aliphatic heterocycles. The van der Waals surface area contributed by atoms with E-state index in [0.29, 0.717) is 6.61 Å². The maximum atomic E-state index is 5.99. The predicted molar refractivity (Wildman–Crippen MR) is 75.0 cm³/mol. The van der Waals surface area contributed by atoms with E-state index in [9.17, 15) is 0 Å². The average molecular weight is 251 g/mol. The van der Waals surface area contributed by atoms with Gasteiger partial charge in [-0.05, 0) is 31.4 Å². The topological polar surface area (TPSA) is 44.5 Å². The summed E-state index contributed by atoms with van der Waals surface area (Å²) in [6.07, 6.45) is 2.78. The molecule has 0 aliphatic rings. The molecule has 3 nitrogen and oxygen atoms in total. The van der Waals surface area contributed by atoms with Gasteiger partial charge in [-0.1, -0.05) is 25.1 Å². The second-order valence-electron chi connectivity index (χ2n) is 4.38. The molecule has 2 N–H and O–H groups in total. The molecule has 0 aromatic heterocycles. The van der Waals surface area contributed by atoms with Crippen LogP contribution >= 0.6 is 0 Å². The van der Waals surface area contributed by atoms with Gasteiger partial charge in [-0.3, -0.25) is 0 Å². The van der Waals surface area contributed by atoms with Crippen molar-refractivity contribution in [2.24, 2.45) is 5.73 Å². The van der Waals surface area contributed by atoms with Crippen LogP contribution in [0, 0.1) is 0 Å². The van der Waals surface area contributed by atoms with Gasteiger partial charge in [0.25, 0.3) is 0 Å². The fraction of sp³-hybridized carbons (Fsp3) is 0.600. The Hall–Kier alpha value is -1.06. The van der Waals surface area contributed by atoms with E-state index in [1.54, 1.807) is 0 Å². The van der Waals surface area contributed by atoms with Gasteiger partial charge in [-0.15, -0.1) is 0 Å². The van der Waals surface area contributed by atoms with Crippen molar-refractivity contribution in [1.82, 2.24) is 0 Å². The first-order valence-corrected chi connectivity index (χ1v) is 6.82. The van der Waals surface area contributed by atoms with E-state index in [2.05, 4.69) is 13.0 Å². The highest BCUT2D eigenvalue weighted by atomic mass is 16.5. The van der Waals surface area contributed by atoms with Crippen molar-refractivity contribution >= 4 is 0 Å². The highest BCUT2D eigenvalue weighted by molar-refractivity contribution is 5.33. The summed E-state index contributed by atoms with van der Waals surface area (Å²) < 4.78 is 11.1. The lowest BCUT2D eigenvalue weighted by molar-refractivity contribution is 0.130. The summed E-state index contributed by atoms with van der Waals surface area (Å²) in [5.41, 5.74) is 7.19. The van der Waals surface area contributed by atoms with Gasteiger partial charge >= 0.3 is 0 Å². The quantitative estimate of drug-likeness (QED) is 0.686. The lowest BCUT2D eigenvalue weighted by atomic mass is 10.0. The Bertz CT molecular complexity index is 328. The number of nitrogens with two attached hydrogens (primary N) is 1. The monoisotopic (exact) mass is 251 g/mol. The van der Waals surface area contributed by atoms with Crippen LogP contribution in [-0.2, 0) is 11.2 Å². The standard InChI is InChI=1S/C15H25NO2/c1-3-14(16)12-13-8-5-6-9-15(13)18-11-7-10-17-4-2/h5-6,8-9,14H,3-4,7,10-12,16H2,1-2H3. The molecule has 0 heterocycles. The fourth-order valence-corrected chi connectivity index (χ4v) is 1.73. The van der Waals surface area contributed by atoms with Crippen molar-refractivity contribution in [1.29, 1.82) is 0 Å². The van der Waals surface area contributed by atoms with Gasteiger partial charge < -0.3 is 15.2 Å². The Kier molecular flexibility index (Phi) is 7.46. The molecule has 0 saturated carbocycles. The third-order valence-electron chi connectivity index (χ3n) is 2.87. The summed E-state index contributed by atoms with van der Waals surface area (Å²) in [5.74, 6) is 0.956. The second-order valence-corrected chi connectivity index (χ2v) is 4.38. The molecule has 18 heavy (non-hydrogen) atoms. The fourth-order valence-electron chi connectivity index (χ4n) is 1.73. The van der Waals surface area contributed by atoms with Gasteiger partial charge in [-0.2, -0.15) is 0 Å². The van der Waals surface area contributed by atoms with E-state index < -0.39 is 0 Å². The number of benzene rings is 1. The van der Waals surface area contributed by atoms with Crippen LogP contribution in [0.2, 0.25) is 0 Å². The first-order chi connectivity index (χ1) is 8.77. The maximum Gasteiger partial charge on any atom is 0.122 e. The van der Waals surface area contributed by atoms with Crippen molar-refractivity contribution in [2.45, 2.75) is 39.2 Å². The Morgan fingerprint density at radius 2 is 1.94 bits per heavy atom. The van der Waals surface area contributed by atoms with Gasteiger partial charge in [0, 0.05) is 25.7 Å². The summed E-state index contributed by atoms with van der Waals surface area (Å²) in [4.78, 5) is 0. The van der Waals surface area contributed by atoms with E-state index in [1.807, 2.05) is 25.1 Å². The molecule has 3 heteroatoms. The van der Waals surface area contributed by atoms with Crippen molar-refractivity contribution < 1.29 is 9.47 Å². The minimum atomic E-state index is 0.207. The van der Waals surface area contributed by atoms with E-state index >= 15 is 0 Å². The zero-order valence-electron chi connectivity index (χ0n) is 11.5. The third kappa shape index (κ3) is 5.52. The third-order valence-corrected chi connectivity index (χ3v) is 2.87. The first kappa shape index (κ1) is 15.0. The van der Waals surface area contributed by atoms with Crippen molar-refractivity contribution in [3.05, 3.63) is 29.8 Å². The Morgan fingerprint density at radius 1 is 1.17 bits per heavy atom. The normalized spacial score (nSPS) is 12.4. The van der Waals surface area contributed by atoms with Crippen LogP contribution in [0.5, 0.6) is 5.75 Å². The van der Waals surface area contributed by atoms with Crippen LogP contribution in [0.3, 0.4) is 0 Å². The molecule has 1 atom stereocenters. The Balaban J connectivity index is 2.43. The van der Waals surface area contributed by atoms with E-state index in [-0.39, 0.29) is 6.04 Å². The lowest BCUT2D eigenvalue weighted by Crippen LogP contribution is -2.21. The molecule has 102 valence electrons. The van der Waals surface area contributed by atoms with E-state index in [1.165, 1.54) is 5.56 Å². The minimum absolute atomic E-state index is 0.207. The molecule has 0 bridgehead atoms. The van der Waals surface area contributed by atoms with Crippen LogP contribution in [-0.4, -0.2) is 25.9 Å². The van der Waals surface area contributed by atoms with Crippen molar-refractivity contribution in [2.75, 3.05) is 19.8 Å². The summed E-state index contributed by atoms with van der Waals surface area (Å²) >= 11 is 0. The lowest BCUT2D eigenvalue weighted by Gasteiger charge is -2.14. The highest BCUT2D eigenvalue weighted by Gasteiger charge is 2.07. The van der Waals surface area contributed by atoms with Gasteiger partial charge in [0.15, 0.2) is 0 Å². The van der Waals surface area contributed by atoms with Crippen molar-refractivity contribution in [3.63, 3.8) is 0 Å². The number of hydrogen-bond acceptors (Lipinski definition) is 3. The smallest absolute Gasteiger partial charge is 0.122 e. The predicted octanol–water partition coefficient (Wildman–Crippen LogP) is 2.77. The zero-order valence-corrected chi connectivity index (χ0v) is 11.5. The molecule has 0 spiro atoms. The van der Waals surface area contributed by atoms with E-state index in [4.69, 9.17) is 15.2 Å². The Morgan fingerprint density at radius 3 is 2.67 bits per heavy atom. The van der Waals surface area contributed by atoms with Crippen LogP contribution in [0.25, 0.3) is 0 Å². The molecule has 0 saturated heterocycles. The average Bonchev–Trinajstić information content (AvgIpc) is 2.40. The molecule has 1 aromatic carbocycles. The summed E-state index contributed by atoms with van der Waals surface area (Å²) in [5, 5.41) is 0. The van der Waals surface area contributed by atoms with E-state index in [0.717, 1.165) is 38.2 Å². The SMILES string of the molecule is CCOCCCOc1ccccc1CC(N)CC. The number of ether oxygens (including phenoxy) is 2. The zero-order chi connectivity index (χ0) is 13.2. The molecule has 1 rings (SSSR count). The molecule has 0 radical (unpaired) electrons. The largest absolute Gasteiger partial charge is 0.493 e. The second kappa shape index (κ2) is 8.95. The Labute approximate surface area is 110 Å². The molecular formula is C15H25NO2. The minimum Gasteiger partial charge on any atom is -0.493 e. The molecule has 1 aromatic rings. The van der Waals surface area contributed by atoms with Gasteiger partial charge in [-0.25, -0.2) is 0 Å². The summed E-state index contributed by atoms with van der Waals surface area (Å²) in [7, 11) is 0. The van der Waals surface area contributed by atoms with Crippen LogP contribution in [0.1, 0.15) is 32.3 Å². The number of para-hydroxylation sites is 1. The van der Waals surface area contributed by atoms with Crippen LogP contribution in [0.15, 0.2) is 24.3 Å². The molecule has 0 amide bonds. The summed E-state index contributed by atoms with van der Waals surface area (Å²) in [6, 6.07) is 8.34. The summed E-state index contributed by atoms with van der Waals surface area (Å²) in [6.45, 7) is 6.33. The number of hydrogen-bond donors (Lipinski definition) is 1. The van der Waals surface area contributed by atoms with Gasteiger partial charge in [0.1, 0.15) is 5.75 Å². The van der Waals surface area contributed by atoms with Gasteiger partial charge in [0.05, 0.1) is 6.61 Å².